The van der Waals surface area contributed by atoms with Crippen LogP contribution in [0.1, 0.15) is 36.0 Å². The molecule has 246 valence electrons. The van der Waals surface area contributed by atoms with Crippen LogP contribution in [0, 0.1) is 16.0 Å². The van der Waals surface area contributed by atoms with Gasteiger partial charge in [-0.25, -0.2) is 8.42 Å². The maximum absolute atomic E-state index is 13.0. The Hall–Kier alpha value is -4.33. The van der Waals surface area contributed by atoms with Gasteiger partial charge in [-0.2, -0.15) is 0 Å². The van der Waals surface area contributed by atoms with E-state index in [1.54, 1.807) is 60.7 Å². The first-order valence-electron chi connectivity index (χ1n) is 15.6. The molecule has 0 spiro atoms. The van der Waals surface area contributed by atoms with Crippen LogP contribution in [-0.4, -0.2) is 62.2 Å². The lowest BCUT2D eigenvalue weighted by atomic mass is 9.90. The van der Waals surface area contributed by atoms with Crippen molar-refractivity contribution in [2.75, 3.05) is 42.3 Å². The zero-order valence-electron chi connectivity index (χ0n) is 26.0. The Morgan fingerprint density at radius 2 is 1.57 bits per heavy atom. The smallest absolute Gasteiger partial charge is 0.269 e. The van der Waals surface area contributed by atoms with E-state index >= 15 is 0 Å². The molecule has 12 heteroatoms. The first-order valence-corrected chi connectivity index (χ1v) is 17.1. The normalized spacial score (nSPS) is 22.1. The molecule has 2 heterocycles. The summed E-state index contributed by atoms with van der Waals surface area (Å²) in [7, 11) is -3.78. The Morgan fingerprint density at radius 3 is 2.23 bits per heavy atom. The quantitative estimate of drug-likeness (QED) is 0.167. The number of non-ortho nitro benzene ring substituents is 1. The van der Waals surface area contributed by atoms with Crippen molar-refractivity contribution in [1.29, 1.82) is 0 Å². The second-order valence-electron chi connectivity index (χ2n) is 11.9. The molecule has 0 saturated carbocycles. The van der Waals surface area contributed by atoms with Crippen molar-refractivity contribution in [3.05, 3.63) is 130 Å². The van der Waals surface area contributed by atoms with Gasteiger partial charge in [-0.15, -0.1) is 0 Å². The number of sulfonamides is 1. The van der Waals surface area contributed by atoms with Crippen molar-refractivity contribution >= 4 is 27.1 Å². The van der Waals surface area contributed by atoms with Gasteiger partial charge in [-0.3, -0.25) is 19.7 Å². The van der Waals surface area contributed by atoms with Gasteiger partial charge >= 0.3 is 0 Å². The van der Waals surface area contributed by atoms with Crippen LogP contribution in [0.3, 0.4) is 0 Å². The van der Waals surface area contributed by atoms with Crippen molar-refractivity contribution in [3.63, 3.8) is 0 Å². The molecule has 0 radical (unpaired) electrons. The molecule has 2 aliphatic rings. The average molecular weight is 659 g/mol. The summed E-state index contributed by atoms with van der Waals surface area (Å²) in [6.45, 7) is 5.86. The Bertz CT molecular complexity index is 1760. The fourth-order valence-corrected chi connectivity index (χ4v) is 7.19. The van der Waals surface area contributed by atoms with E-state index < -0.39 is 21.2 Å². The lowest BCUT2D eigenvalue weighted by Crippen LogP contribution is -2.51. The molecule has 2 saturated heterocycles. The zero-order chi connectivity index (χ0) is 33.0. The maximum Gasteiger partial charge on any atom is 0.269 e. The number of nitrogens with zero attached hydrogens (tertiary/aromatic N) is 3. The number of ether oxygens (including phenoxy) is 2. The number of hydrogen-bond acceptors (Lipinski definition) is 9. The monoisotopic (exact) mass is 658 g/mol. The first kappa shape index (κ1) is 32.6. The van der Waals surface area contributed by atoms with Crippen LogP contribution >= 0.6 is 0 Å². The van der Waals surface area contributed by atoms with Gasteiger partial charge in [0.1, 0.15) is 0 Å². The van der Waals surface area contributed by atoms with E-state index in [1.807, 2.05) is 30.3 Å². The Kier molecular flexibility index (Phi) is 9.85. The third kappa shape index (κ3) is 7.64. The fraction of sp³-hybridized carbons (Fsp3) is 0.314. The zero-order valence-corrected chi connectivity index (χ0v) is 26.8. The van der Waals surface area contributed by atoms with Crippen LogP contribution in [0.5, 0.6) is 0 Å². The lowest BCUT2D eigenvalue weighted by Gasteiger charge is -2.44. The predicted molar refractivity (Wildman–Crippen MR) is 178 cm³/mol. The molecule has 0 aromatic heterocycles. The van der Waals surface area contributed by atoms with Crippen LogP contribution in [0.25, 0.3) is 0 Å². The van der Waals surface area contributed by atoms with E-state index in [-0.39, 0.29) is 35.3 Å². The van der Waals surface area contributed by atoms with E-state index in [9.17, 15) is 23.6 Å². The van der Waals surface area contributed by atoms with Gasteiger partial charge in [0.15, 0.2) is 6.29 Å². The fourth-order valence-electron chi connectivity index (χ4n) is 6.12. The SMILES string of the molecule is CC1C(CN2CCN(c3ccc([N+](=O)[O-])cc3)CC2)OC(c2cccc(NS(=O)(=O)c3ccccc3)c2)OC1c1ccc(CO)cc1. The molecule has 4 aromatic rings. The molecular weight excluding hydrogens is 620 g/mol. The van der Waals surface area contributed by atoms with Gasteiger partial charge in [0.25, 0.3) is 15.7 Å². The Labute approximate surface area is 274 Å². The summed E-state index contributed by atoms with van der Waals surface area (Å²) in [4.78, 5) is 15.4. The van der Waals surface area contributed by atoms with Crippen molar-refractivity contribution in [2.24, 2.45) is 5.92 Å². The molecule has 4 unspecified atom stereocenters. The molecule has 0 bridgehead atoms. The molecule has 2 N–H and O–H groups in total. The van der Waals surface area contributed by atoms with E-state index in [0.717, 1.165) is 43.0 Å². The summed E-state index contributed by atoms with van der Waals surface area (Å²) in [5, 5.41) is 20.6. The second-order valence-corrected chi connectivity index (χ2v) is 13.6. The van der Waals surface area contributed by atoms with E-state index in [2.05, 4.69) is 21.4 Å². The molecule has 0 amide bonds. The molecule has 6 rings (SSSR count). The summed E-state index contributed by atoms with van der Waals surface area (Å²) in [6, 6.07) is 29.7. The summed E-state index contributed by atoms with van der Waals surface area (Å²) in [6.07, 6.45) is -1.26. The highest BCUT2D eigenvalue weighted by Gasteiger charge is 2.39. The van der Waals surface area contributed by atoms with E-state index in [4.69, 9.17) is 9.47 Å². The molecular formula is C35H38N4O7S. The number of aliphatic hydroxyl groups excluding tert-OH is 1. The number of benzene rings is 4. The molecule has 4 aromatic carbocycles. The number of nitrogens with one attached hydrogen (secondary N) is 1. The number of anilines is 2. The van der Waals surface area contributed by atoms with Crippen molar-refractivity contribution < 1.29 is 27.9 Å². The number of nitro groups is 1. The number of aliphatic hydroxyl groups is 1. The minimum Gasteiger partial charge on any atom is -0.392 e. The topological polar surface area (TPSA) is 134 Å². The number of nitro benzene ring substituents is 1. The minimum absolute atomic E-state index is 0.0151. The minimum atomic E-state index is -3.78. The van der Waals surface area contributed by atoms with Crippen molar-refractivity contribution in [3.8, 4) is 0 Å². The number of piperazine rings is 1. The first-order chi connectivity index (χ1) is 22.7. The maximum atomic E-state index is 13.0. The van der Waals surface area contributed by atoms with E-state index in [0.29, 0.717) is 17.8 Å². The highest BCUT2D eigenvalue weighted by Crippen LogP contribution is 2.42. The molecule has 2 fully saturated rings. The van der Waals surface area contributed by atoms with Gasteiger partial charge in [0.05, 0.1) is 28.6 Å². The number of hydrogen-bond donors (Lipinski definition) is 2. The highest BCUT2D eigenvalue weighted by atomic mass is 32.2. The van der Waals surface area contributed by atoms with Gasteiger partial charge in [0.2, 0.25) is 0 Å². The summed E-state index contributed by atoms with van der Waals surface area (Å²) >= 11 is 0. The van der Waals surface area contributed by atoms with Gasteiger partial charge in [-0.1, -0.05) is 61.5 Å². The predicted octanol–water partition coefficient (Wildman–Crippen LogP) is 5.50. The number of rotatable bonds is 10. The van der Waals surface area contributed by atoms with Gasteiger partial charge in [0, 0.05) is 67.7 Å². The Morgan fingerprint density at radius 1 is 0.872 bits per heavy atom. The lowest BCUT2D eigenvalue weighted by molar-refractivity contribution is -0.384. The summed E-state index contributed by atoms with van der Waals surface area (Å²) < 4.78 is 42.0. The van der Waals surface area contributed by atoms with Crippen LogP contribution in [0.2, 0.25) is 0 Å². The van der Waals surface area contributed by atoms with Gasteiger partial charge in [-0.05, 0) is 47.5 Å². The average Bonchev–Trinajstić information content (AvgIpc) is 3.10. The molecule has 47 heavy (non-hydrogen) atoms. The van der Waals surface area contributed by atoms with E-state index in [1.165, 1.54) is 12.1 Å². The van der Waals surface area contributed by atoms with Crippen LogP contribution in [0.4, 0.5) is 17.1 Å². The largest absolute Gasteiger partial charge is 0.392 e. The van der Waals surface area contributed by atoms with Crippen LogP contribution in [0.15, 0.2) is 108 Å². The van der Waals surface area contributed by atoms with Crippen molar-refractivity contribution in [2.45, 2.75) is 36.9 Å². The highest BCUT2D eigenvalue weighted by molar-refractivity contribution is 7.92. The summed E-state index contributed by atoms with van der Waals surface area (Å²) in [5.41, 5.74) is 3.91. The third-order valence-electron chi connectivity index (χ3n) is 8.82. The molecule has 11 nitrogen and oxygen atoms in total. The third-order valence-corrected chi connectivity index (χ3v) is 10.2. The summed E-state index contributed by atoms with van der Waals surface area (Å²) in [5.74, 6) is -0.0151. The van der Waals surface area contributed by atoms with Crippen LogP contribution in [-0.2, 0) is 26.1 Å². The Balaban J connectivity index is 1.19. The van der Waals surface area contributed by atoms with Crippen LogP contribution < -0.4 is 9.62 Å². The molecule has 2 aliphatic heterocycles. The van der Waals surface area contributed by atoms with Gasteiger partial charge < -0.3 is 19.5 Å². The molecule has 4 atom stereocenters. The van der Waals surface area contributed by atoms with Crippen molar-refractivity contribution in [1.82, 2.24) is 4.90 Å². The second kappa shape index (κ2) is 14.2. The standard InChI is InChI=1S/C35H38N4O7S/c1-25-33(23-37-18-20-38(21-19-37)30-14-16-31(17-15-30)39(41)42)45-35(46-34(25)27-12-10-26(24-40)11-13-27)28-6-5-7-29(22-28)36-47(43,44)32-8-3-2-4-9-32/h2-17,22,25,33-36,40H,18-21,23-24H2,1H3. The molecule has 0 aliphatic carbocycles.